The number of H-pyrrole nitrogens is 1. The van der Waals surface area contributed by atoms with Crippen LogP contribution in [0.2, 0.25) is 0 Å². The van der Waals surface area contributed by atoms with Gasteiger partial charge in [-0.15, -0.1) is 0 Å². The van der Waals surface area contributed by atoms with Gasteiger partial charge in [0.15, 0.2) is 0 Å². The number of aromatic nitrogens is 3. The van der Waals surface area contributed by atoms with E-state index in [-0.39, 0.29) is 11.5 Å². The third-order valence-corrected chi connectivity index (χ3v) is 3.88. The number of carbonyl (C=O) groups is 1. The highest BCUT2D eigenvalue weighted by atomic mass is 16.2. The monoisotopic (exact) mass is 315 g/mol. The van der Waals surface area contributed by atoms with Crippen molar-refractivity contribution in [3.8, 4) is 0 Å². The summed E-state index contributed by atoms with van der Waals surface area (Å²) in [5.74, 6) is 0.600. The van der Waals surface area contributed by atoms with E-state index in [1.54, 1.807) is 33.9 Å². The molecule has 0 spiro atoms. The van der Waals surface area contributed by atoms with Crippen molar-refractivity contribution in [3.05, 3.63) is 52.0 Å². The van der Waals surface area contributed by atoms with Crippen LogP contribution in [0.25, 0.3) is 0 Å². The first kappa shape index (κ1) is 15.5. The normalized spacial score (nSPS) is 14.7. The fourth-order valence-electron chi connectivity index (χ4n) is 2.85. The maximum Gasteiger partial charge on any atom is 0.270 e. The number of rotatable bonds is 3. The smallest absolute Gasteiger partial charge is 0.270 e. The Morgan fingerprint density at radius 1 is 1.39 bits per heavy atom. The van der Waals surface area contributed by atoms with E-state index in [4.69, 9.17) is 0 Å². The van der Waals surface area contributed by atoms with Crippen LogP contribution in [0.1, 0.15) is 28.4 Å². The summed E-state index contributed by atoms with van der Waals surface area (Å²) in [4.78, 5) is 36.1. The molecular weight excluding hydrogens is 294 g/mol. The van der Waals surface area contributed by atoms with E-state index in [9.17, 15) is 9.59 Å². The Bertz CT molecular complexity index is 748. The first-order valence-corrected chi connectivity index (χ1v) is 7.71. The van der Waals surface area contributed by atoms with Crippen LogP contribution >= 0.6 is 0 Å². The van der Waals surface area contributed by atoms with Crippen LogP contribution in [-0.2, 0) is 19.6 Å². The molecule has 2 aromatic heterocycles. The summed E-state index contributed by atoms with van der Waals surface area (Å²) in [6.45, 7) is 2.17. The first-order valence-electron chi connectivity index (χ1n) is 7.71. The van der Waals surface area contributed by atoms with Gasteiger partial charge in [-0.05, 0) is 32.6 Å². The number of aromatic amines is 1. The van der Waals surface area contributed by atoms with E-state index in [1.165, 1.54) is 0 Å². The molecule has 3 rings (SSSR count). The highest BCUT2D eigenvalue weighted by Gasteiger charge is 2.22. The molecule has 1 aliphatic heterocycles. The standard InChI is InChI=1S/C16H21N5O2/c1-19(2)10-12-9-15(22)21-8-4-7-20(11-14(21)18-12)16(23)13-5-3-6-17-13/h3,5-6,9,17H,4,7-8,10-11H2,1-2H3. The second kappa shape index (κ2) is 6.37. The lowest BCUT2D eigenvalue weighted by Crippen LogP contribution is -2.32. The SMILES string of the molecule is CN(C)Cc1cc(=O)n2c(n1)CN(C(=O)c1ccc[nH]1)CCC2. The molecule has 23 heavy (non-hydrogen) atoms. The molecule has 0 aliphatic carbocycles. The minimum Gasteiger partial charge on any atom is -0.357 e. The van der Waals surface area contributed by atoms with Gasteiger partial charge in [0.1, 0.15) is 11.5 Å². The Morgan fingerprint density at radius 2 is 2.22 bits per heavy atom. The summed E-state index contributed by atoms with van der Waals surface area (Å²) in [6.07, 6.45) is 2.48. The van der Waals surface area contributed by atoms with Crippen LogP contribution in [0.5, 0.6) is 0 Å². The lowest BCUT2D eigenvalue weighted by atomic mass is 10.3. The van der Waals surface area contributed by atoms with Crippen molar-refractivity contribution in [3.63, 3.8) is 0 Å². The van der Waals surface area contributed by atoms with Gasteiger partial charge >= 0.3 is 0 Å². The van der Waals surface area contributed by atoms with Crippen molar-refractivity contribution in [1.82, 2.24) is 24.3 Å². The third-order valence-electron chi connectivity index (χ3n) is 3.88. The van der Waals surface area contributed by atoms with Gasteiger partial charge in [-0.2, -0.15) is 0 Å². The second-order valence-corrected chi connectivity index (χ2v) is 6.06. The molecule has 0 radical (unpaired) electrons. The zero-order chi connectivity index (χ0) is 16.4. The molecule has 0 atom stereocenters. The van der Waals surface area contributed by atoms with Gasteiger partial charge in [0.2, 0.25) is 0 Å². The van der Waals surface area contributed by atoms with Gasteiger partial charge in [0.05, 0.1) is 12.2 Å². The highest BCUT2D eigenvalue weighted by Crippen LogP contribution is 2.12. The van der Waals surface area contributed by atoms with E-state index in [0.29, 0.717) is 37.7 Å². The van der Waals surface area contributed by atoms with Gasteiger partial charge < -0.3 is 14.8 Å². The van der Waals surface area contributed by atoms with E-state index >= 15 is 0 Å². The quantitative estimate of drug-likeness (QED) is 0.904. The molecule has 0 aromatic carbocycles. The fraction of sp³-hybridized carbons (Fsp3) is 0.438. The average molecular weight is 315 g/mol. The van der Waals surface area contributed by atoms with Gasteiger partial charge in [0, 0.05) is 31.9 Å². The third kappa shape index (κ3) is 3.34. The van der Waals surface area contributed by atoms with Crippen molar-refractivity contribution in [2.24, 2.45) is 0 Å². The molecule has 7 nitrogen and oxygen atoms in total. The number of hydrogen-bond acceptors (Lipinski definition) is 4. The number of nitrogens with one attached hydrogen (secondary N) is 1. The highest BCUT2D eigenvalue weighted by molar-refractivity contribution is 5.92. The Balaban J connectivity index is 1.90. The molecule has 122 valence electrons. The molecule has 1 aliphatic rings. The largest absolute Gasteiger partial charge is 0.357 e. The predicted molar refractivity (Wildman–Crippen MR) is 86.0 cm³/mol. The summed E-state index contributed by atoms with van der Waals surface area (Å²) in [5, 5.41) is 0. The van der Waals surface area contributed by atoms with Crippen molar-refractivity contribution < 1.29 is 4.79 Å². The van der Waals surface area contributed by atoms with Crippen molar-refractivity contribution >= 4 is 5.91 Å². The molecule has 7 heteroatoms. The fourth-order valence-corrected chi connectivity index (χ4v) is 2.85. The topological polar surface area (TPSA) is 74.2 Å². The van der Waals surface area contributed by atoms with Gasteiger partial charge in [-0.3, -0.25) is 14.2 Å². The van der Waals surface area contributed by atoms with Crippen LogP contribution in [0.4, 0.5) is 0 Å². The van der Waals surface area contributed by atoms with E-state index < -0.39 is 0 Å². The lowest BCUT2D eigenvalue weighted by molar-refractivity contribution is 0.0738. The van der Waals surface area contributed by atoms with Crippen LogP contribution in [0.15, 0.2) is 29.2 Å². The minimum atomic E-state index is -0.0595. The molecule has 0 fully saturated rings. The van der Waals surface area contributed by atoms with Crippen molar-refractivity contribution in [2.45, 2.75) is 26.1 Å². The molecule has 2 aromatic rings. The van der Waals surface area contributed by atoms with Crippen LogP contribution in [0.3, 0.4) is 0 Å². The minimum absolute atomic E-state index is 0.0407. The molecular formula is C16H21N5O2. The Morgan fingerprint density at radius 3 is 2.91 bits per heavy atom. The van der Waals surface area contributed by atoms with E-state index in [2.05, 4.69) is 9.97 Å². The Hall–Kier alpha value is -2.41. The van der Waals surface area contributed by atoms with Gasteiger partial charge in [0.25, 0.3) is 11.5 Å². The van der Waals surface area contributed by atoms with Crippen molar-refractivity contribution in [2.75, 3.05) is 20.6 Å². The molecule has 1 amide bonds. The van der Waals surface area contributed by atoms with Crippen LogP contribution in [-0.4, -0.2) is 50.9 Å². The number of carbonyl (C=O) groups excluding carboxylic acids is 1. The second-order valence-electron chi connectivity index (χ2n) is 6.06. The summed E-state index contributed by atoms with van der Waals surface area (Å²) >= 11 is 0. The molecule has 0 unspecified atom stereocenters. The average Bonchev–Trinajstić information content (AvgIpc) is 2.93. The zero-order valence-corrected chi connectivity index (χ0v) is 13.5. The van der Waals surface area contributed by atoms with Crippen LogP contribution in [0, 0.1) is 0 Å². The summed E-state index contributed by atoms with van der Waals surface area (Å²) in [5.41, 5.74) is 1.26. The maximum atomic E-state index is 12.5. The number of hydrogen-bond donors (Lipinski definition) is 1. The lowest BCUT2D eigenvalue weighted by Gasteiger charge is -2.19. The number of amides is 1. The summed E-state index contributed by atoms with van der Waals surface area (Å²) in [6, 6.07) is 5.15. The molecule has 0 saturated carbocycles. The molecule has 0 bridgehead atoms. The zero-order valence-electron chi connectivity index (χ0n) is 13.5. The molecule has 1 N–H and O–H groups in total. The maximum absolute atomic E-state index is 12.5. The van der Waals surface area contributed by atoms with E-state index in [1.807, 2.05) is 19.0 Å². The molecule has 3 heterocycles. The predicted octanol–water partition coefficient (Wildman–Crippen LogP) is 0.679. The summed E-state index contributed by atoms with van der Waals surface area (Å²) < 4.78 is 1.68. The molecule has 0 saturated heterocycles. The summed E-state index contributed by atoms with van der Waals surface area (Å²) in [7, 11) is 3.87. The first-order chi connectivity index (χ1) is 11.0. The van der Waals surface area contributed by atoms with Crippen molar-refractivity contribution in [1.29, 1.82) is 0 Å². The van der Waals surface area contributed by atoms with Gasteiger partial charge in [-0.1, -0.05) is 0 Å². The van der Waals surface area contributed by atoms with Crippen LogP contribution < -0.4 is 5.56 Å². The van der Waals surface area contributed by atoms with E-state index in [0.717, 1.165) is 12.1 Å². The number of nitrogens with zero attached hydrogens (tertiary/aromatic N) is 4. The van der Waals surface area contributed by atoms with Gasteiger partial charge in [-0.25, -0.2) is 4.98 Å². The Kier molecular flexibility index (Phi) is 4.29. The Labute approximate surface area is 134 Å². The number of fused-ring (bicyclic) bond motifs is 1.